The van der Waals surface area contributed by atoms with Gasteiger partial charge in [-0.3, -0.25) is 4.90 Å². The molecule has 0 radical (unpaired) electrons. The SMILES string of the molecule is CCSc1ccc(CN2CCN(c3cccc(C)c3C)CC2)cc1. The van der Waals surface area contributed by atoms with Crippen LogP contribution in [0, 0.1) is 13.8 Å². The van der Waals surface area contributed by atoms with Gasteiger partial charge in [0.05, 0.1) is 0 Å². The lowest BCUT2D eigenvalue weighted by molar-refractivity contribution is 0.250. The van der Waals surface area contributed by atoms with Gasteiger partial charge >= 0.3 is 0 Å². The average molecular weight is 341 g/mol. The summed E-state index contributed by atoms with van der Waals surface area (Å²) in [5.41, 5.74) is 5.65. The van der Waals surface area contributed by atoms with Gasteiger partial charge in [0.25, 0.3) is 0 Å². The molecule has 1 aliphatic heterocycles. The van der Waals surface area contributed by atoms with Crippen LogP contribution in [-0.4, -0.2) is 36.8 Å². The van der Waals surface area contributed by atoms with Crippen LogP contribution in [0.1, 0.15) is 23.6 Å². The van der Waals surface area contributed by atoms with Crippen molar-refractivity contribution in [2.24, 2.45) is 0 Å². The normalized spacial score (nSPS) is 15.7. The summed E-state index contributed by atoms with van der Waals surface area (Å²) in [6.45, 7) is 12.2. The van der Waals surface area contributed by atoms with Crippen LogP contribution in [0.5, 0.6) is 0 Å². The highest BCUT2D eigenvalue weighted by molar-refractivity contribution is 7.99. The Bertz CT molecular complexity index is 658. The molecule has 2 aromatic carbocycles. The van der Waals surface area contributed by atoms with Crippen LogP contribution in [0.4, 0.5) is 5.69 Å². The van der Waals surface area contributed by atoms with Crippen LogP contribution in [0.3, 0.4) is 0 Å². The van der Waals surface area contributed by atoms with E-state index in [-0.39, 0.29) is 0 Å². The molecule has 0 aliphatic carbocycles. The van der Waals surface area contributed by atoms with E-state index in [1.165, 1.54) is 27.3 Å². The van der Waals surface area contributed by atoms with Crippen molar-refractivity contribution in [2.45, 2.75) is 32.2 Å². The maximum atomic E-state index is 2.57. The van der Waals surface area contributed by atoms with E-state index in [9.17, 15) is 0 Å². The molecule has 1 heterocycles. The Morgan fingerprint density at radius 3 is 2.29 bits per heavy atom. The summed E-state index contributed by atoms with van der Waals surface area (Å²) in [5, 5.41) is 0. The van der Waals surface area contributed by atoms with E-state index in [2.05, 4.69) is 73.0 Å². The maximum absolute atomic E-state index is 2.57. The van der Waals surface area contributed by atoms with Crippen molar-refractivity contribution >= 4 is 17.4 Å². The van der Waals surface area contributed by atoms with Gasteiger partial charge in [-0.25, -0.2) is 0 Å². The van der Waals surface area contributed by atoms with Crippen LogP contribution in [0.15, 0.2) is 47.4 Å². The van der Waals surface area contributed by atoms with Gasteiger partial charge in [0.1, 0.15) is 0 Å². The molecule has 0 unspecified atom stereocenters. The van der Waals surface area contributed by atoms with Crippen LogP contribution < -0.4 is 4.90 Å². The number of nitrogens with zero attached hydrogens (tertiary/aromatic N) is 2. The van der Waals surface area contributed by atoms with E-state index in [1.54, 1.807) is 0 Å². The van der Waals surface area contributed by atoms with Gasteiger partial charge in [0, 0.05) is 43.3 Å². The monoisotopic (exact) mass is 340 g/mol. The smallest absolute Gasteiger partial charge is 0.0399 e. The van der Waals surface area contributed by atoms with Crippen molar-refractivity contribution in [3.05, 3.63) is 59.2 Å². The van der Waals surface area contributed by atoms with Crippen molar-refractivity contribution in [1.29, 1.82) is 0 Å². The summed E-state index contributed by atoms with van der Waals surface area (Å²) in [4.78, 5) is 6.49. The molecular formula is C21H28N2S. The van der Waals surface area contributed by atoms with E-state index in [4.69, 9.17) is 0 Å². The van der Waals surface area contributed by atoms with Crippen molar-refractivity contribution < 1.29 is 0 Å². The Morgan fingerprint density at radius 2 is 1.62 bits per heavy atom. The molecule has 3 heteroatoms. The van der Waals surface area contributed by atoms with E-state index >= 15 is 0 Å². The molecule has 2 aromatic rings. The number of piperazine rings is 1. The number of hydrogen-bond donors (Lipinski definition) is 0. The number of anilines is 1. The molecule has 1 fully saturated rings. The Balaban J connectivity index is 1.56. The summed E-state index contributed by atoms with van der Waals surface area (Å²) in [5.74, 6) is 1.14. The van der Waals surface area contributed by atoms with Crippen LogP contribution >= 0.6 is 11.8 Å². The van der Waals surface area contributed by atoms with Gasteiger partial charge in [-0.05, 0) is 54.5 Å². The van der Waals surface area contributed by atoms with E-state index in [0.717, 1.165) is 38.5 Å². The van der Waals surface area contributed by atoms with Crippen LogP contribution in [0.25, 0.3) is 0 Å². The molecular weight excluding hydrogens is 312 g/mol. The molecule has 0 amide bonds. The third kappa shape index (κ3) is 4.14. The Hall–Kier alpha value is -1.45. The first kappa shape index (κ1) is 17.4. The minimum atomic E-state index is 1.07. The first-order valence-electron chi connectivity index (χ1n) is 8.92. The lowest BCUT2D eigenvalue weighted by atomic mass is 10.1. The Labute approximate surface area is 150 Å². The van der Waals surface area contributed by atoms with Gasteiger partial charge in [-0.15, -0.1) is 11.8 Å². The minimum Gasteiger partial charge on any atom is -0.369 e. The average Bonchev–Trinajstić information content (AvgIpc) is 2.60. The van der Waals surface area contributed by atoms with E-state index in [1.807, 2.05) is 11.8 Å². The minimum absolute atomic E-state index is 1.07. The lowest BCUT2D eigenvalue weighted by Gasteiger charge is -2.37. The predicted molar refractivity (Wildman–Crippen MR) is 106 cm³/mol. The molecule has 0 spiro atoms. The summed E-state index contributed by atoms with van der Waals surface area (Å²) in [7, 11) is 0. The first-order chi connectivity index (χ1) is 11.7. The quantitative estimate of drug-likeness (QED) is 0.726. The molecule has 0 aromatic heterocycles. The van der Waals surface area contributed by atoms with Crippen LogP contribution in [0.2, 0.25) is 0 Å². The molecule has 1 saturated heterocycles. The molecule has 3 rings (SSSR count). The largest absolute Gasteiger partial charge is 0.369 e. The Morgan fingerprint density at radius 1 is 0.917 bits per heavy atom. The second-order valence-electron chi connectivity index (χ2n) is 6.56. The number of thioether (sulfide) groups is 1. The fraction of sp³-hybridized carbons (Fsp3) is 0.429. The topological polar surface area (TPSA) is 6.48 Å². The highest BCUT2D eigenvalue weighted by atomic mass is 32.2. The van der Waals surface area contributed by atoms with Crippen molar-refractivity contribution in [2.75, 3.05) is 36.8 Å². The second kappa shape index (κ2) is 8.09. The van der Waals surface area contributed by atoms with Gasteiger partial charge in [-0.2, -0.15) is 0 Å². The third-order valence-corrected chi connectivity index (χ3v) is 5.82. The van der Waals surface area contributed by atoms with Crippen molar-refractivity contribution in [1.82, 2.24) is 4.90 Å². The van der Waals surface area contributed by atoms with Gasteiger partial charge in [-0.1, -0.05) is 31.2 Å². The maximum Gasteiger partial charge on any atom is 0.0399 e. The fourth-order valence-corrected chi connectivity index (χ4v) is 4.00. The standard InChI is InChI=1S/C21H28N2S/c1-4-24-20-10-8-19(9-11-20)16-22-12-14-23(15-13-22)21-7-5-6-17(2)18(21)3/h5-11H,4,12-16H2,1-3H3. The first-order valence-corrected chi connectivity index (χ1v) is 9.91. The number of aryl methyl sites for hydroxylation is 1. The zero-order chi connectivity index (χ0) is 16.9. The van der Waals surface area contributed by atoms with E-state index < -0.39 is 0 Å². The zero-order valence-electron chi connectivity index (χ0n) is 15.1. The highest BCUT2D eigenvalue weighted by Crippen LogP contribution is 2.24. The van der Waals surface area contributed by atoms with Crippen molar-refractivity contribution in [3.8, 4) is 0 Å². The molecule has 128 valence electrons. The number of benzene rings is 2. The summed E-state index contributed by atoms with van der Waals surface area (Å²) in [6.07, 6.45) is 0. The second-order valence-corrected chi connectivity index (χ2v) is 7.90. The predicted octanol–water partition coefficient (Wildman–Crippen LogP) is 4.74. The third-order valence-electron chi connectivity index (χ3n) is 4.93. The van der Waals surface area contributed by atoms with Crippen molar-refractivity contribution in [3.63, 3.8) is 0 Å². The molecule has 0 bridgehead atoms. The molecule has 1 aliphatic rings. The Kier molecular flexibility index (Phi) is 5.85. The molecule has 0 N–H and O–H groups in total. The lowest BCUT2D eigenvalue weighted by Crippen LogP contribution is -2.46. The fourth-order valence-electron chi connectivity index (χ4n) is 3.34. The zero-order valence-corrected chi connectivity index (χ0v) is 15.9. The molecule has 2 nitrogen and oxygen atoms in total. The number of hydrogen-bond acceptors (Lipinski definition) is 3. The van der Waals surface area contributed by atoms with Crippen LogP contribution in [-0.2, 0) is 6.54 Å². The van der Waals surface area contributed by atoms with Gasteiger partial charge in [0.15, 0.2) is 0 Å². The summed E-state index contributed by atoms with van der Waals surface area (Å²) < 4.78 is 0. The van der Waals surface area contributed by atoms with Gasteiger partial charge in [0.2, 0.25) is 0 Å². The summed E-state index contributed by atoms with van der Waals surface area (Å²) in [6, 6.07) is 15.7. The van der Waals surface area contributed by atoms with Gasteiger partial charge < -0.3 is 4.90 Å². The summed E-state index contributed by atoms with van der Waals surface area (Å²) >= 11 is 1.91. The molecule has 0 atom stereocenters. The molecule has 0 saturated carbocycles. The van der Waals surface area contributed by atoms with E-state index in [0.29, 0.717) is 0 Å². The highest BCUT2D eigenvalue weighted by Gasteiger charge is 2.18. The number of rotatable bonds is 5. The molecule has 24 heavy (non-hydrogen) atoms.